The highest BCUT2D eigenvalue weighted by Gasteiger charge is 1.99. The Labute approximate surface area is 93.7 Å². The molecule has 1 aromatic rings. The second kappa shape index (κ2) is 6.30. The van der Waals surface area contributed by atoms with Crippen molar-refractivity contribution in [3.63, 3.8) is 0 Å². The highest BCUT2D eigenvalue weighted by molar-refractivity contribution is 5.23. The molecule has 0 fully saturated rings. The summed E-state index contributed by atoms with van der Waals surface area (Å²) >= 11 is 0. The van der Waals surface area contributed by atoms with E-state index in [1.54, 1.807) is 0 Å². The van der Waals surface area contributed by atoms with Crippen LogP contribution in [0.15, 0.2) is 24.3 Å². The molecule has 1 unspecified atom stereocenters. The molecule has 0 heteroatoms. The summed E-state index contributed by atoms with van der Waals surface area (Å²) in [6.45, 7) is 4.31. The smallest absolute Gasteiger partial charge is 0.0212 e. The first kappa shape index (κ1) is 11.9. The third-order valence-electron chi connectivity index (χ3n) is 2.67. The number of rotatable bonds is 5. The van der Waals surface area contributed by atoms with E-state index in [4.69, 9.17) is 6.42 Å². The molecule has 1 rings (SSSR count). The van der Waals surface area contributed by atoms with Gasteiger partial charge in [0.05, 0.1) is 0 Å². The Balaban J connectivity index is 2.53. The maximum Gasteiger partial charge on any atom is 0.0212 e. The molecule has 0 aromatic heterocycles. The van der Waals surface area contributed by atoms with Crippen LogP contribution in [0, 0.1) is 18.3 Å². The Kier molecular flexibility index (Phi) is 4.98. The van der Waals surface area contributed by atoms with E-state index in [2.05, 4.69) is 44.0 Å². The molecular weight excluding hydrogens is 180 g/mol. The molecule has 0 heterocycles. The van der Waals surface area contributed by atoms with E-state index < -0.39 is 0 Å². The molecule has 0 saturated heterocycles. The highest BCUT2D eigenvalue weighted by atomic mass is 14.0. The number of terminal acetylenes is 1. The van der Waals surface area contributed by atoms with Crippen LogP contribution in [-0.2, 0) is 12.8 Å². The van der Waals surface area contributed by atoms with Gasteiger partial charge in [-0.2, -0.15) is 0 Å². The second-order valence-corrected chi connectivity index (χ2v) is 4.19. The van der Waals surface area contributed by atoms with E-state index in [1.807, 2.05) is 0 Å². The summed E-state index contributed by atoms with van der Waals surface area (Å²) in [5.41, 5.74) is 2.79. The van der Waals surface area contributed by atoms with Crippen LogP contribution in [0.4, 0.5) is 0 Å². The molecule has 1 atom stereocenters. The van der Waals surface area contributed by atoms with Crippen LogP contribution in [-0.4, -0.2) is 0 Å². The van der Waals surface area contributed by atoms with Gasteiger partial charge in [0.1, 0.15) is 0 Å². The average molecular weight is 200 g/mol. The fourth-order valence-electron chi connectivity index (χ4n) is 1.64. The third kappa shape index (κ3) is 4.21. The number of aryl methyl sites for hydroxylation is 1. The Bertz CT molecular complexity index is 313. The van der Waals surface area contributed by atoms with E-state index in [1.165, 1.54) is 30.4 Å². The largest absolute Gasteiger partial charge is 0.120 e. The van der Waals surface area contributed by atoms with Gasteiger partial charge in [0.15, 0.2) is 0 Å². The van der Waals surface area contributed by atoms with Gasteiger partial charge in [-0.05, 0) is 30.4 Å². The summed E-state index contributed by atoms with van der Waals surface area (Å²) in [5, 5.41) is 0. The lowest BCUT2D eigenvalue weighted by atomic mass is 9.99. The minimum absolute atomic E-state index is 0.339. The first-order valence-corrected chi connectivity index (χ1v) is 5.80. The lowest BCUT2D eigenvalue weighted by Gasteiger charge is -2.05. The molecule has 0 saturated carbocycles. The lowest BCUT2D eigenvalue weighted by molar-refractivity contribution is 0.749. The Hall–Kier alpha value is -1.22. The van der Waals surface area contributed by atoms with E-state index in [0.717, 1.165) is 6.42 Å². The number of unbranched alkanes of at least 4 members (excludes halogenated alkanes) is 1. The summed E-state index contributed by atoms with van der Waals surface area (Å²) < 4.78 is 0. The SMILES string of the molecule is C#CC(C)Cc1ccc(CCCC)cc1. The molecule has 0 bridgehead atoms. The molecule has 15 heavy (non-hydrogen) atoms. The Morgan fingerprint density at radius 2 is 1.80 bits per heavy atom. The van der Waals surface area contributed by atoms with Gasteiger partial charge in [-0.1, -0.05) is 44.5 Å². The predicted octanol–water partition coefficient (Wildman–Crippen LogP) is 3.84. The van der Waals surface area contributed by atoms with Crippen LogP contribution >= 0.6 is 0 Å². The normalized spacial score (nSPS) is 12.1. The van der Waals surface area contributed by atoms with Gasteiger partial charge in [-0.25, -0.2) is 0 Å². The van der Waals surface area contributed by atoms with Crippen LogP contribution in [0.25, 0.3) is 0 Å². The predicted molar refractivity (Wildman–Crippen MR) is 66.8 cm³/mol. The highest BCUT2D eigenvalue weighted by Crippen LogP contribution is 2.11. The summed E-state index contributed by atoms with van der Waals surface area (Å²) in [5.74, 6) is 3.10. The molecular formula is C15H20. The third-order valence-corrected chi connectivity index (χ3v) is 2.67. The van der Waals surface area contributed by atoms with E-state index in [9.17, 15) is 0 Å². The van der Waals surface area contributed by atoms with Crippen molar-refractivity contribution in [2.75, 3.05) is 0 Å². The summed E-state index contributed by atoms with van der Waals surface area (Å²) in [6, 6.07) is 8.88. The molecule has 1 aromatic carbocycles. The van der Waals surface area contributed by atoms with Gasteiger partial charge in [-0.15, -0.1) is 12.3 Å². The second-order valence-electron chi connectivity index (χ2n) is 4.19. The molecule has 0 nitrogen and oxygen atoms in total. The minimum Gasteiger partial charge on any atom is -0.120 e. The summed E-state index contributed by atoms with van der Waals surface area (Å²) in [6.07, 6.45) is 10.1. The van der Waals surface area contributed by atoms with Crippen molar-refractivity contribution in [1.29, 1.82) is 0 Å². The first-order chi connectivity index (χ1) is 7.26. The molecule has 0 N–H and O–H groups in total. The van der Waals surface area contributed by atoms with E-state index in [-0.39, 0.29) is 0 Å². The van der Waals surface area contributed by atoms with Crippen molar-refractivity contribution < 1.29 is 0 Å². The van der Waals surface area contributed by atoms with Gasteiger partial charge in [0, 0.05) is 5.92 Å². The first-order valence-electron chi connectivity index (χ1n) is 5.80. The van der Waals surface area contributed by atoms with Gasteiger partial charge < -0.3 is 0 Å². The lowest BCUT2D eigenvalue weighted by Crippen LogP contribution is -1.96. The fourth-order valence-corrected chi connectivity index (χ4v) is 1.64. The van der Waals surface area contributed by atoms with Crippen LogP contribution in [0.3, 0.4) is 0 Å². The van der Waals surface area contributed by atoms with Crippen LogP contribution in [0.2, 0.25) is 0 Å². The monoisotopic (exact) mass is 200 g/mol. The minimum atomic E-state index is 0.339. The molecule has 0 radical (unpaired) electrons. The summed E-state index contributed by atoms with van der Waals surface area (Å²) in [4.78, 5) is 0. The number of hydrogen-bond acceptors (Lipinski definition) is 0. The van der Waals surface area contributed by atoms with Crippen molar-refractivity contribution in [2.24, 2.45) is 5.92 Å². The van der Waals surface area contributed by atoms with Crippen molar-refractivity contribution in [1.82, 2.24) is 0 Å². The van der Waals surface area contributed by atoms with Crippen molar-refractivity contribution in [2.45, 2.75) is 39.5 Å². The van der Waals surface area contributed by atoms with Crippen LogP contribution in [0.1, 0.15) is 37.8 Å². The maximum absolute atomic E-state index is 5.37. The van der Waals surface area contributed by atoms with Gasteiger partial charge in [0.2, 0.25) is 0 Å². The van der Waals surface area contributed by atoms with Gasteiger partial charge in [0.25, 0.3) is 0 Å². The molecule has 0 aliphatic carbocycles. The topological polar surface area (TPSA) is 0 Å². The van der Waals surface area contributed by atoms with E-state index in [0.29, 0.717) is 5.92 Å². The standard InChI is InChI=1S/C15H20/c1-4-6-7-14-8-10-15(11-9-14)12-13(3)5-2/h2,8-11,13H,4,6-7,12H2,1,3H3. The number of hydrogen-bond donors (Lipinski definition) is 0. The molecule has 80 valence electrons. The van der Waals surface area contributed by atoms with Crippen LogP contribution in [0.5, 0.6) is 0 Å². The van der Waals surface area contributed by atoms with Crippen molar-refractivity contribution in [3.8, 4) is 12.3 Å². The average Bonchev–Trinajstić information content (AvgIpc) is 2.28. The number of benzene rings is 1. The van der Waals surface area contributed by atoms with Crippen molar-refractivity contribution >= 4 is 0 Å². The Morgan fingerprint density at radius 3 is 2.33 bits per heavy atom. The Morgan fingerprint density at radius 1 is 1.20 bits per heavy atom. The zero-order valence-corrected chi connectivity index (χ0v) is 9.79. The fraction of sp³-hybridized carbons (Fsp3) is 0.467. The zero-order chi connectivity index (χ0) is 11.1. The van der Waals surface area contributed by atoms with Crippen LogP contribution < -0.4 is 0 Å². The molecule has 0 aliphatic heterocycles. The molecule has 0 amide bonds. The van der Waals surface area contributed by atoms with Crippen molar-refractivity contribution in [3.05, 3.63) is 35.4 Å². The summed E-state index contributed by atoms with van der Waals surface area (Å²) in [7, 11) is 0. The molecule has 0 aliphatic rings. The zero-order valence-electron chi connectivity index (χ0n) is 9.79. The quantitative estimate of drug-likeness (QED) is 0.633. The van der Waals surface area contributed by atoms with Gasteiger partial charge >= 0.3 is 0 Å². The van der Waals surface area contributed by atoms with E-state index >= 15 is 0 Å². The molecule has 0 spiro atoms. The maximum atomic E-state index is 5.37. The van der Waals surface area contributed by atoms with Gasteiger partial charge in [-0.3, -0.25) is 0 Å².